The van der Waals surface area contributed by atoms with E-state index in [2.05, 4.69) is 10.6 Å². The molecule has 1 aliphatic carbocycles. The number of nitrogens with one attached hydrogen (secondary N) is 2. The highest BCUT2D eigenvalue weighted by Gasteiger charge is 2.23. The molecule has 0 aromatic heterocycles. The number of hydrogen-bond acceptors (Lipinski definition) is 3. The summed E-state index contributed by atoms with van der Waals surface area (Å²) in [5.41, 5.74) is -0.000338. The molecule has 1 unspecified atom stereocenters. The van der Waals surface area contributed by atoms with Crippen molar-refractivity contribution in [1.82, 2.24) is 10.6 Å². The number of hydrogen-bond donors (Lipinski definition) is 3. The number of carbonyl (C=O) groups excluding carboxylic acids is 1. The number of carboxylic acid groups (broad SMARTS) is 1. The first-order chi connectivity index (χ1) is 8.76. The number of rotatable bonds is 8. The van der Waals surface area contributed by atoms with Gasteiger partial charge in [0.25, 0.3) is 0 Å². The molecular weight excluding hydrogens is 244 g/mol. The smallest absolute Gasteiger partial charge is 0.305 e. The van der Waals surface area contributed by atoms with E-state index < -0.39 is 5.97 Å². The molecule has 0 radical (unpaired) electrons. The molecule has 1 fully saturated rings. The van der Waals surface area contributed by atoms with Crippen LogP contribution < -0.4 is 10.6 Å². The average molecular weight is 270 g/mol. The molecule has 0 bridgehead atoms. The Morgan fingerprint density at radius 1 is 1.32 bits per heavy atom. The van der Waals surface area contributed by atoms with Crippen LogP contribution in [0.1, 0.15) is 52.9 Å². The lowest BCUT2D eigenvalue weighted by Crippen LogP contribution is -2.40. The van der Waals surface area contributed by atoms with E-state index in [4.69, 9.17) is 5.11 Å². The first-order valence-electron chi connectivity index (χ1n) is 7.01. The van der Waals surface area contributed by atoms with Gasteiger partial charge in [0.2, 0.25) is 5.91 Å². The summed E-state index contributed by atoms with van der Waals surface area (Å²) >= 11 is 0. The predicted molar refractivity (Wildman–Crippen MR) is 73.9 cm³/mol. The van der Waals surface area contributed by atoms with Crippen LogP contribution in [0.15, 0.2) is 0 Å². The average Bonchev–Trinajstić information content (AvgIpc) is 2.97. The summed E-state index contributed by atoms with van der Waals surface area (Å²) in [7, 11) is 0. The minimum Gasteiger partial charge on any atom is -0.481 e. The van der Waals surface area contributed by atoms with Gasteiger partial charge in [-0.2, -0.15) is 0 Å². The van der Waals surface area contributed by atoms with Gasteiger partial charge in [0.15, 0.2) is 0 Å². The van der Waals surface area contributed by atoms with Crippen LogP contribution in [0.4, 0.5) is 0 Å². The van der Waals surface area contributed by atoms with Gasteiger partial charge in [-0.25, -0.2) is 0 Å². The minimum absolute atomic E-state index is 0.000338. The van der Waals surface area contributed by atoms with Gasteiger partial charge in [0.05, 0.1) is 6.42 Å². The van der Waals surface area contributed by atoms with Crippen LogP contribution in [0.2, 0.25) is 0 Å². The van der Waals surface area contributed by atoms with E-state index in [0.717, 1.165) is 0 Å². The lowest BCUT2D eigenvalue weighted by molar-refractivity contribution is -0.137. The summed E-state index contributed by atoms with van der Waals surface area (Å²) in [6.07, 6.45) is 3.47. The summed E-state index contributed by atoms with van der Waals surface area (Å²) in [6.45, 7) is 6.81. The van der Waals surface area contributed by atoms with Crippen molar-refractivity contribution in [3.05, 3.63) is 0 Å². The quantitative estimate of drug-likeness (QED) is 0.625. The molecule has 5 nitrogen and oxygen atoms in total. The molecule has 1 atom stereocenters. The summed E-state index contributed by atoms with van der Waals surface area (Å²) in [6, 6.07) is 0.308. The number of carboxylic acids is 1. The zero-order valence-electron chi connectivity index (χ0n) is 12.2. The Bertz CT molecular complexity index is 319. The van der Waals surface area contributed by atoms with Gasteiger partial charge >= 0.3 is 5.97 Å². The maximum absolute atomic E-state index is 11.8. The molecule has 0 aromatic rings. The van der Waals surface area contributed by atoms with E-state index in [-0.39, 0.29) is 23.8 Å². The van der Waals surface area contributed by atoms with Gasteiger partial charge in [-0.3, -0.25) is 9.59 Å². The van der Waals surface area contributed by atoms with E-state index in [9.17, 15) is 9.59 Å². The van der Waals surface area contributed by atoms with Crippen LogP contribution in [0.25, 0.3) is 0 Å². The SMILES string of the molecule is CC(C)(C)CC(CC(=O)O)NC(=O)CCNC1CC1. The molecular formula is C14H26N2O3. The Kier molecular flexibility index (Phi) is 5.79. The summed E-state index contributed by atoms with van der Waals surface area (Å²) < 4.78 is 0. The third-order valence-electron chi connectivity index (χ3n) is 3.01. The summed E-state index contributed by atoms with van der Waals surface area (Å²) in [5.74, 6) is -0.936. The normalized spacial score (nSPS) is 17.0. The maximum Gasteiger partial charge on any atom is 0.305 e. The fourth-order valence-corrected chi connectivity index (χ4v) is 2.10. The van der Waals surface area contributed by atoms with Gasteiger partial charge in [-0.05, 0) is 24.7 Å². The Labute approximate surface area is 115 Å². The molecule has 1 amide bonds. The molecule has 1 aliphatic rings. The molecule has 1 rings (SSSR count). The van der Waals surface area contributed by atoms with Crippen molar-refractivity contribution in [2.45, 2.75) is 65.0 Å². The fraction of sp³-hybridized carbons (Fsp3) is 0.857. The second-order valence-electron chi connectivity index (χ2n) is 6.61. The van der Waals surface area contributed by atoms with Crippen molar-refractivity contribution < 1.29 is 14.7 Å². The fourth-order valence-electron chi connectivity index (χ4n) is 2.10. The highest BCUT2D eigenvalue weighted by atomic mass is 16.4. The van der Waals surface area contributed by atoms with E-state index in [1.807, 2.05) is 20.8 Å². The Morgan fingerprint density at radius 2 is 1.95 bits per heavy atom. The van der Waals surface area contributed by atoms with Crippen LogP contribution in [-0.4, -0.2) is 35.6 Å². The van der Waals surface area contributed by atoms with Gasteiger partial charge in [-0.15, -0.1) is 0 Å². The van der Waals surface area contributed by atoms with Crippen molar-refractivity contribution in [3.8, 4) is 0 Å². The lowest BCUT2D eigenvalue weighted by atomic mass is 9.87. The predicted octanol–water partition coefficient (Wildman–Crippen LogP) is 1.52. The van der Waals surface area contributed by atoms with Gasteiger partial charge in [0.1, 0.15) is 0 Å². The zero-order valence-corrected chi connectivity index (χ0v) is 12.2. The minimum atomic E-state index is -0.870. The standard InChI is InChI=1S/C14H26N2O3/c1-14(2,3)9-11(8-13(18)19)16-12(17)6-7-15-10-4-5-10/h10-11,15H,4-9H2,1-3H3,(H,16,17)(H,18,19). The third kappa shape index (κ3) is 8.59. The van der Waals surface area contributed by atoms with E-state index in [1.165, 1.54) is 12.8 Å². The molecule has 19 heavy (non-hydrogen) atoms. The van der Waals surface area contributed by atoms with E-state index in [0.29, 0.717) is 25.4 Å². The van der Waals surface area contributed by atoms with Crippen LogP contribution in [0.5, 0.6) is 0 Å². The second-order valence-corrected chi connectivity index (χ2v) is 6.61. The van der Waals surface area contributed by atoms with Crippen molar-refractivity contribution in [3.63, 3.8) is 0 Å². The number of carbonyl (C=O) groups is 2. The van der Waals surface area contributed by atoms with Crippen molar-refractivity contribution in [2.24, 2.45) is 5.41 Å². The lowest BCUT2D eigenvalue weighted by Gasteiger charge is -2.25. The van der Waals surface area contributed by atoms with Crippen LogP contribution in [0, 0.1) is 5.41 Å². The molecule has 0 aliphatic heterocycles. The largest absolute Gasteiger partial charge is 0.481 e. The molecule has 110 valence electrons. The van der Waals surface area contributed by atoms with Crippen molar-refractivity contribution in [1.29, 1.82) is 0 Å². The van der Waals surface area contributed by atoms with Crippen LogP contribution in [0.3, 0.4) is 0 Å². The Morgan fingerprint density at radius 3 is 2.42 bits per heavy atom. The molecule has 0 heterocycles. The first-order valence-corrected chi connectivity index (χ1v) is 7.01. The molecule has 3 N–H and O–H groups in total. The van der Waals surface area contributed by atoms with E-state index >= 15 is 0 Å². The Balaban J connectivity index is 2.31. The number of amides is 1. The maximum atomic E-state index is 11.8. The third-order valence-corrected chi connectivity index (χ3v) is 3.01. The molecule has 0 aromatic carbocycles. The topological polar surface area (TPSA) is 78.4 Å². The van der Waals surface area contributed by atoms with Crippen molar-refractivity contribution in [2.75, 3.05) is 6.54 Å². The highest BCUT2D eigenvalue weighted by Crippen LogP contribution is 2.22. The van der Waals surface area contributed by atoms with Crippen LogP contribution in [-0.2, 0) is 9.59 Å². The summed E-state index contributed by atoms with van der Waals surface area (Å²) in [4.78, 5) is 22.6. The van der Waals surface area contributed by atoms with Gasteiger partial charge in [-0.1, -0.05) is 20.8 Å². The molecule has 0 saturated heterocycles. The van der Waals surface area contributed by atoms with Crippen LogP contribution >= 0.6 is 0 Å². The molecule has 5 heteroatoms. The Hall–Kier alpha value is -1.10. The second kappa shape index (κ2) is 6.89. The van der Waals surface area contributed by atoms with E-state index in [1.54, 1.807) is 0 Å². The van der Waals surface area contributed by atoms with Crippen molar-refractivity contribution >= 4 is 11.9 Å². The summed E-state index contributed by atoms with van der Waals surface area (Å²) in [5, 5.41) is 15.0. The van der Waals surface area contributed by atoms with Gasteiger partial charge < -0.3 is 15.7 Å². The monoisotopic (exact) mass is 270 g/mol. The molecule has 1 saturated carbocycles. The first kappa shape index (κ1) is 16.0. The molecule has 0 spiro atoms. The number of aliphatic carboxylic acids is 1. The zero-order chi connectivity index (χ0) is 14.5. The van der Waals surface area contributed by atoms with Gasteiger partial charge in [0, 0.05) is 25.0 Å². The highest BCUT2D eigenvalue weighted by molar-refractivity contribution is 5.77.